The topological polar surface area (TPSA) is 116 Å². The van der Waals surface area contributed by atoms with E-state index in [2.05, 4.69) is 15.6 Å². The number of hydrogen-bond acceptors (Lipinski definition) is 6. The summed E-state index contributed by atoms with van der Waals surface area (Å²) in [6.07, 6.45) is 6.20. The van der Waals surface area contributed by atoms with Crippen LogP contribution in [0, 0.1) is 10.8 Å². The van der Waals surface area contributed by atoms with E-state index < -0.39 is 5.91 Å². The van der Waals surface area contributed by atoms with Crippen molar-refractivity contribution < 1.29 is 9.53 Å². The van der Waals surface area contributed by atoms with E-state index in [-0.39, 0.29) is 11.6 Å². The summed E-state index contributed by atoms with van der Waals surface area (Å²) in [6.45, 7) is 1.68. The summed E-state index contributed by atoms with van der Waals surface area (Å²) in [4.78, 5) is 17.1. The number of ether oxygens (including phenoxy) is 1. The molecule has 1 atom stereocenters. The zero-order valence-electron chi connectivity index (χ0n) is 15.6. The number of amides is 1. The number of carbonyl (C=O) groups is 1. The van der Waals surface area contributed by atoms with Crippen molar-refractivity contribution in [3.8, 4) is 5.75 Å². The predicted molar refractivity (Wildman–Crippen MR) is 111 cm³/mol. The fourth-order valence-electron chi connectivity index (χ4n) is 3.40. The molecule has 8 nitrogen and oxygen atoms in total. The summed E-state index contributed by atoms with van der Waals surface area (Å²) in [5, 5.41) is 21.2. The van der Waals surface area contributed by atoms with Gasteiger partial charge >= 0.3 is 0 Å². The smallest absolute Gasteiger partial charge is 0.259 e. The molecule has 1 saturated heterocycles. The van der Waals surface area contributed by atoms with Gasteiger partial charge in [0.05, 0.1) is 23.7 Å². The first-order chi connectivity index (χ1) is 13.6. The van der Waals surface area contributed by atoms with Gasteiger partial charge in [-0.1, -0.05) is 18.0 Å². The van der Waals surface area contributed by atoms with Crippen molar-refractivity contribution in [2.75, 3.05) is 25.5 Å². The van der Waals surface area contributed by atoms with Crippen LogP contribution in [0.5, 0.6) is 5.75 Å². The lowest BCUT2D eigenvalue weighted by molar-refractivity contribution is -0.112. The Morgan fingerprint density at radius 1 is 1.43 bits per heavy atom. The highest BCUT2D eigenvalue weighted by atomic mass is 35.5. The van der Waals surface area contributed by atoms with Gasteiger partial charge in [0.2, 0.25) is 5.95 Å². The molecule has 148 valence electrons. The molecule has 0 spiro atoms. The number of methoxy groups -OCH3 is 1. The predicted octanol–water partition coefficient (Wildman–Crippen LogP) is 3.18. The van der Waals surface area contributed by atoms with Gasteiger partial charge in [-0.3, -0.25) is 10.1 Å². The molecule has 0 unspecified atom stereocenters. The molecule has 3 rings (SSSR count). The quantitative estimate of drug-likeness (QED) is 0.438. The Hall–Kier alpha value is -2.71. The first-order valence-corrected chi connectivity index (χ1v) is 9.46. The maximum absolute atomic E-state index is 12.6. The highest BCUT2D eigenvalue weighted by molar-refractivity contribution is 6.36. The van der Waals surface area contributed by atoms with Gasteiger partial charge in [0.15, 0.2) is 0 Å². The fraction of sp³-hybridized carbons (Fsp3) is 0.368. The molecule has 1 aliphatic rings. The molecule has 0 bridgehead atoms. The minimum absolute atomic E-state index is 0.0579. The molecule has 1 fully saturated rings. The Kier molecular flexibility index (Phi) is 6.43. The van der Waals surface area contributed by atoms with Crippen LogP contribution in [0.2, 0.25) is 5.02 Å². The fourth-order valence-corrected chi connectivity index (χ4v) is 3.73. The van der Waals surface area contributed by atoms with Gasteiger partial charge in [0.1, 0.15) is 10.8 Å². The van der Waals surface area contributed by atoms with Crippen LogP contribution in [-0.2, 0) is 4.79 Å². The van der Waals surface area contributed by atoms with Gasteiger partial charge in [-0.25, -0.2) is 4.98 Å². The molecule has 0 aliphatic carbocycles. The first kappa shape index (κ1) is 20.0. The molecule has 1 aromatic carbocycles. The van der Waals surface area contributed by atoms with Crippen molar-refractivity contribution in [1.29, 1.82) is 10.8 Å². The number of aromatic nitrogens is 2. The molecule has 9 heteroatoms. The number of carbonyl (C=O) groups excluding carboxylic acids is 1. The number of benzene rings is 1. The van der Waals surface area contributed by atoms with Gasteiger partial charge < -0.3 is 25.4 Å². The lowest BCUT2D eigenvalue weighted by Crippen LogP contribution is -2.26. The minimum Gasteiger partial charge on any atom is -0.495 e. The van der Waals surface area contributed by atoms with Crippen LogP contribution in [0.4, 0.5) is 5.95 Å². The summed E-state index contributed by atoms with van der Waals surface area (Å²) < 4.78 is 7.30. The second-order valence-corrected chi connectivity index (χ2v) is 6.87. The van der Waals surface area contributed by atoms with E-state index in [1.807, 2.05) is 4.57 Å². The lowest BCUT2D eigenvalue weighted by atomic mass is 10.1. The SMILES string of the molecule is COc1ccc2nc(NC(=O)/C(C=N)=C/C=N)n([C@@H]3CCCCNC3)c2c1Cl. The van der Waals surface area contributed by atoms with Crippen molar-refractivity contribution in [2.45, 2.75) is 25.3 Å². The average molecular weight is 403 g/mol. The number of imidazole rings is 1. The van der Waals surface area contributed by atoms with Crippen LogP contribution in [0.1, 0.15) is 25.3 Å². The van der Waals surface area contributed by atoms with Crippen molar-refractivity contribution >= 4 is 46.9 Å². The van der Waals surface area contributed by atoms with Gasteiger partial charge in [-0.15, -0.1) is 0 Å². The van der Waals surface area contributed by atoms with E-state index in [4.69, 9.17) is 27.2 Å². The standard InChI is InChI=1S/C19H23ClN6O2/c1-28-15-6-5-14-17(16(15)20)26(13-4-2-3-9-23-11-13)19(24-14)25-18(27)12(10-22)7-8-21/h5-8,10,13,21-23H,2-4,9,11H2,1H3,(H,24,25,27)/b12-7+,21-8?,22-10?/t13-/m1/s1. The van der Waals surface area contributed by atoms with Crippen LogP contribution >= 0.6 is 11.6 Å². The number of nitrogens with one attached hydrogen (secondary N) is 4. The number of nitrogens with zero attached hydrogens (tertiary/aromatic N) is 2. The van der Waals surface area contributed by atoms with E-state index in [0.717, 1.165) is 44.8 Å². The van der Waals surface area contributed by atoms with Gasteiger partial charge in [0, 0.05) is 25.0 Å². The number of rotatable bonds is 6. The Bertz CT molecular complexity index is 928. The Morgan fingerprint density at radius 3 is 2.96 bits per heavy atom. The molecule has 28 heavy (non-hydrogen) atoms. The van der Waals surface area contributed by atoms with E-state index in [9.17, 15) is 4.79 Å². The highest BCUT2D eigenvalue weighted by Crippen LogP contribution is 2.37. The van der Waals surface area contributed by atoms with Gasteiger partial charge in [-0.05, 0) is 37.6 Å². The monoisotopic (exact) mass is 402 g/mol. The molecular formula is C19H23ClN6O2. The normalized spacial score (nSPS) is 17.8. The summed E-state index contributed by atoms with van der Waals surface area (Å²) >= 11 is 6.60. The van der Waals surface area contributed by atoms with E-state index in [1.54, 1.807) is 19.2 Å². The van der Waals surface area contributed by atoms with Crippen molar-refractivity contribution in [1.82, 2.24) is 14.9 Å². The van der Waals surface area contributed by atoms with Crippen LogP contribution in [0.25, 0.3) is 11.0 Å². The molecular weight excluding hydrogens is 380 g/mol. The maximum Gasteiger partial charge on any atom is 0.259 e. The second kappa shape index (κ2) is 8.99. The van der Waals surface area contributed by atoms with Crippen LogP contribution in [0.3, 0.4) is 0 Å². The molecule has 1 aliphatic heterocycles. The average Bonchev–Trinajstić information content (AvgIpc) is 2.87. The number of halogens is 1. The number of fused-ring (bicyclic) bond motifs is 1. The molecule has 1 aromatic heterocycles. The van der Waals surface area contributed by atoms with E-state index >= 15 is 0 Å². The van der Waals surface area contributed by atoms with Crippen LogP contribution in [0.15, 0.2) is 23.8 Å². The summed E-state index contributed by atoms with van der Waals surface area (Å²) in [5.74, 6) is 0.403. The van der Waals surface area contributed by atoms with Gasteiger partial charge in [-0.2, -0.15) is 0 Å². The molecule has 0 saturated carbocycles. The molecule has 2 aromatic rings. The van der Waals surface area contributed by atoms with Crippen LogP contribution in [-0.4, -0.2) is 48.1 Å². The maximum atomic E-state index is 12.6. The molecule has 2 heterocycles. The van der Waals surface area contributed by atoms with Crippen LogP contribution < -0.4 is 15.4 Å². The Balaban J connectivity index is 2.12. The van der Waals surface area contributed by atoms with E-state index in [1.165, 1.54) is 6.08 Å². The molecule has 4 N–H and O–H groups in total. The third kappa shape index (κ3) is 3.93. The molecule has 0 radical (unpaired) electrons. The summed E-state index contributed by atoms with van der Waals surface area (Å²) in [5.41, 5.74) is 1.42. The zero-order chi connectivity index (χ0) is 20.1. The molecule has 1 amide bonds. The van der Waals surface area contributed by atoms with Gasteiger partial charge in [0.25, 0.3) is 5.91 Å². The largest absolute Gasteiger partial charge is 0.495 e. The van der Waals surface area contributed by atoms with Crippen molar-refractivity contribution in [3.63, 3.8) is 0 Å². The number of anilines is 1. The lowest BCUT2D eigenvalue weighted by Gasteiger charge is -2.21. The first-order valence-electron chi connectivity index (χ1n) is 9.08. The van der Waals surface area contributed by atoms with E-state index in [0.29, 0.717) is 27.8 Å². The highest BCUT2D eigenvalue weighted by Gasteiger charge is 2.25. The third-order valence-electron chi connectivity index (χ3n) is 4.77. The zero-order valence-corrected chi connectivity index (χ0v) is 16.3. The van der Waals surface area contributed by atoms with Crippen molar-refractivity contribution in [3.05, 3.63) is 28.8 Å². The Labute approximate surface area is 167 Å². The van der Waals surface area contributed by atoms with Crippen molar-refractivity contribution in [2.24, 2.45) is 0 Å². The summed E-state index contributed by atoms with van der Waals surface area (Å²) in [6, 6.07) is 3.61. The minimum atomic E-state index is -0.500. The Morgan fingerprint density at radius 2 is 2.25 bits per heavy atom. The number of allylic oxidation sites excluding steroid dienone is 1. The number of hydrogen-bond donors (Lipinski definition) is 4. The third-order valence-corrected chi connectivity index (χ3v) is 5.13. The second-order valence-electron chi connectivity index (χ2n) is 6.50. The summed E-state index contributed by atoms with van der Waals surface area (Å²) in [7, 11) is 1.56.